The molecule has 1 amide bonds. The van der Waals surface area contributed by atoms with Gasteiger partial charge in [-0.3, -0.25) is 4.79 Å². The van der Waals surface area contributed by atoms with Gasteiger partial charge in [-0.25, -0.2) is 9.97 Å². The van der Waals surface area contributed by atoms with Crippen molar-refractivity contribution in [3.8, 4) is 0 Å². The third-order valence-electron chi connectivity index (χ3n) is 4.82. The lowest BCUT2D eigenvalue weighted by molar-refractivity contribution is -0.125. The van der Waals surface area contributed by atoms with Crippen LogP contribution in [0.5, 0.6) is 0 Å². The summed E-state index contributed by atoms with van der Waals surface area (Å²) in [5.41, 5.74) is 0. The minimum atomic E-state index is 0.0511. The summed E-state index contributed by atoms with van der Waals surface area (Å²) >= 11 is 1.74. The predicted octanol–water partition coefficient (Wildman–Crippen LogP) is 3.63. The summed E-state index contributed by atoms with van der Waals surface area (Å²) in [6.07, 6.45) is 5.69. The summed E-state index contributed by atoms with van der Waals surface area (Å²) in [4.78, 5) is 26.1. The Kier molecular flexibility index (Phi) is 5.89. The predicted molar refractivity (Wildman–Crippen MR) is 104 cm³/mol. The van der Waals surface area contributed by atoms with E-state index in [2.05, 4.69) is 47.0 Å². The molecule has 1 aliphatic rings. The average Bonchev–Trinajstić information content (AvgIpc) is 3.04. The van der Waals surface area contributed by atoms with E-state index in [0.29, 0.717) is 5.92 Å². The van der Waals surface area contributed by atoms with Gasteiger partial charge in [-0.2, -0.15) is 0 Å². The molecule has 2 aromatic heterocycles. The molecular formula is C19H28N4OS. The molecule has 0 bridgehead atoms. The van der Waals surface area contributed by atoms with Gasteiger partial charge in [0.2, 0.25) is 5.91 Å². The zero-order chi connectivity index (χ0) is 17.8. The van der Waals surface area contributed by atoms with Crippen LogP contribution in [0.1, 0.15) is 44.9 Å². The summed E-state index contributed by atoms with van der Waals surface area (Å²) in [6, 6.07) is 2.21. The molecule has 0 aromatic carbocycles. The molecule has 136 valence electrons. The van der Waals surface area contributed by atoms with E-state index in [1.807, 2.05) is 0 Å². The van der Waals surface area contributed by atoms with Gasteiger partial charge in [0.25, 0.3) is 0 Å². The van der Waals surface area contributed by atoms with E-state index >= 15 is 0 Å². The fraction of sp³-hybridized carbons (Fsp3) is 0.632. The number of thiophene rings is 1. The Morgan fingerprint density at radius 3 is 3.04 bits per heavy atom. The minimum Gasteiger partial charge on any atom is -0.356 e. The number of piperidine rings is 1. The maximum absolute atomic E-state index is 12.5. The van der Waals surface area contributed by atoms with Crippen LogP contribution in [0.15, 0.2) is 12.4 Å². The fourth-order valence-corrected chi connectivity index (χ4v) is 4.26. The standard InChI is InChI=1S/C19H28N4OS/c1-4-15-10-16-17(21-12-22-19(16)25-15)23-9-5-6-14(11-23)18(24)20-8-7-13(2)3/h10,12-14H,4-9,11H2,1-3H3,(H,20,24). The SMILES string of the molecule is CCc1cc2c(N3CCCC(C(=O)NCCC(C)C)C3)ncnc2s1. The van der Waals surface area contributed by atoms with Crippen molar-refractivity contribution in [1.29, 1.82) is 0 Å². The Morgan fingerprint density at radius 1 is 1.44 bits per heavy atom. The highest BCUT2D eigenvalue weighted by Gasteiger charge is 2.27. The van der Waals surface area contributed by atoms with Crippen LogP contribution < -0.4 is 10.2 Å². The molecule has 3 rings (SSSR count). The summed E-state index contributed by atoms with van der Waals surface area (Å²) in [7, 11) is 0. The highest BCUT2D eigenvalue weighted by Crippen LogP contribution is 2.32. The first-order valence-corrected chi connectivity index (χ1v) is 10.2. The van der Waals surface area contributed by atoms with Gasteiger partial charge in [0.15, 0.2) is 0 Å². The lowest BCUT2D eigenvalue weighted by Gasteiger charge is -2.33. The van der Waals surface area contributed by atoms with Crippen molar-refractivity contribution in [3.63, 3.8) is 0 Å². The van der Waals surface area contributed by atoms with Crippen molar-refractivity contribution in [3.05, 3.63) is 17.3 Å². The number of rotatable bonds is 6. The van der Waals surface area contributed by atoms with Crippen molar-refractivity contribution in [1.82, 2.24) is 15.3 Å². The monoisotopic (exact) mass is 360 g/mol. The van der Waals surface area contributed by atoms with Crippen LogP contribution in [-0.4, -0.2) is 35.5 Å². The second-order valence-corrected chi connectivity index (χ2v) is 8.36. The normalized spacial score (nSPS) is 18.1. The second kappa shape index (κ2) is 8.13. The van der Waals surface area contributed by atoms with Crippen molar-refractivity contribution in [2.75, 3.05) is 24.5 Å². The van der Waals surface area contributed by atoms with Crippen molar-refractivity contribution in [2.24, 2.45) is 11.8 Å². The second-order valence-electron chi connectivity index (χ2n) is 7.24. The highest BCUT2D eigenvalue weighted by atomic mass is 32.1. The van der Waals surface area contributed by atoms with E-state index < -0.39 is 0 Å². The smallest absolute Gasteiger partial charge is 0.224 e. The Morgan fingerprint density at radius 2 is 2.28 bits per heavy atom. The summed E-state index contributed by atoms with van der Waals surface area (Å²) in [5, 5.41) is 4.24. The quantitative estimate of drug-likeness (QED) is 0.854. The molecular weight excluding hydrogens is 332 g/mol. The molecule has 0 spiro atoms. The maximum atomic E-state index is 12.5. The first-order chi connectivity index (χ1) is 12.1. The van der Waals surface area contributed by atoms with E-state index in [1.54, 1.807) is 17.7 Å². The number of nitrogens with zero attached hydrogens (tertiary/aromatic N) is 3. The van der Waals surface area contributed by atoms with Crippen LogP contribution in [0.2, 0.25) is 0 Å². The number of aryl methyl sites for hydroxylation is 1. The number of hydrogen-bond donors (Lipinski definition) is 1. The van der Waals surface area contributed by atoms with Gasteiger partial charge < -0.3 is 10.2 Å². The molecule has 1 fully saturated rings. The molecule has 25 heavy (non-hydrogen) atoms. The Bertz CT molecular complexity index is 727. The molecule has 5 nitrogen and oxygen atoms in total. The van der Waals surface area contributed by atoms with Crippen molar-refractivity contribution in [2.45, 2.75) is 46.5 Å². The van der Waals surface area contributed by atoms with Gasteiger partial charge in [-0.15, -0.1) is 11.3 Å². The topological polar surface area (TPSA) is 58.1 Å². The van der Waals surface area contributed by atoms with Crippen LogP contribution in [-0.2, 0) is 11.2 Å². The number of amides is 1. The Balaban J connectivity index is 1.71. The number of anilines is 1. The van der Waals surface area contributed by atoms with E-state index in [1.165, 1.54) is 4.88 Å². The zero-order valence-electron chi connectivity index (χ0n) is 15.4. The number of fused-ring (bicyclic) bond motifs is 1. The molecule has 1 atom stereocenters. The highest BCUT2D eigenvalue weighted by molar-refractivity contribution is 7.18. The number of nitrogens with one attached hydrogen (secondary N) is 1. The molecule has 1 N–H and O–H groups in total. The molecule has 1 unspecified atom stereocenters. The number of carbonyl (C=O) groups excluding carboxylic acids is 1. The fourth-order valence-electron chi connectivity index (χ4n) is 3.33. The van der Waals surface area contributed by atoms with Gasteiger partial charge in [0.1, 0.15) is 17.0 Å². The molecule has 1 aliphatic heterocycles. The summed E-state index contributed by atoms with van der Waals surface area (Å²) < 4.78 is 0. The molecule has 0 saturated carbocycles. The summed E-state index contributed by atoms with van der Waals surface area (Å²) in [5.74, 6) is 1.84. The third-order valence-corrected chi connectivity index (χ3v) is 6.01. The van der Waals surface area contributed by atoms with Crippen LogP contribution >= 0.6 is 11.3 Å². The number of hydrogen-bond acceptors (Lipinski definition) is 5. The first kappa shape index (κ1) is 18.1. The van der Waals surface area contributed by atoms with Gasteiger partial charge in [0, 0.05) is 24.5 Å². The minimum absolute atomic E-state index is 0.0511. The van der Waals surface area contributed by atoms with Gasteiger partial charge in [-0.1, -0.05) is 20.8 Å². The Hall–Kier alpha value is -1.69. The average molecular weight is 361 g/mol. The van der Waals surface area contributed by atoms with Crippen LogP contribution in [0.3, 0.4) is 0 Å². The lowest BCUT2D eigenvalue weighted by Crippen LogP contribution is -2.43. The van der Waals surface area contributed by atoms with E-state index in [9.17, 15) is 4.79 Å². The lowest BCUT2D eigenvalue weighted by atomic mass is 9.96. The largest absolute Gasteiger partial charge is 0.356 e. The van der Waals surface area contributed by atoms with Gasteiger partial charge >= 0.3 is 0 Å². The van der Waals surface area contributed by atoms with Crippen molar-refractivity contribution >= 4 is 33.3 Å². The van der Waals surface area contributed by atoms with Gasteiger partial charge in [-0.05, 0) is 37.7 Å². The van der Waals surface area contributed by atoms with Gasteiger partial charge in [0.05, 0.1) is 11.3 Å². The number of carbonyl (C=O) groups is 1. The summed E-state index contributed by atoms with van der Waals surface area (Å²) in [6.45, 7) is 9.00. The molecule has 6 heteroatoms. The first-order valence-electron chi connectivity index (χ1n) is 9.34. The van der Waals surface area contributed by atoms with Crippen LogP contribution in [0.25, 0.3) is 10.2 Å². The molecule has 0 aliphatic carbocycles. The molecule has 2 aromatic rings. The molecule has 3 heterocycles. The van der Waals surface area contributed by atoms with Crippen molar-refractivity contribution < 1.29 is 4.79 Å². The molecule has 0 radical (unpaired) electrons. The zero-order valence-corrected chi connectivity index (χ0v) is 16.2. The van der Waals surface area contributed by atoms with E-state index in [0.717, 1.165) is 61.4 Å². The van der Waals surface area contributed by atoms with E-state index in [4.69, 9.17) is 0 Å². The van der Waals surface area contributed by atoms with Crippen LogP contribution in [0, 0.1) is 11.8 Å². The maximum Gasteiger partial charge on any atom is 0.224 e. The number of aromatic nitrogens is 2. The molecule has 1 saturated heterocycles. The van der Waals surface area contributed by atoms with Crippen LogP contribution in [0.4, 0.5) is 5.82 Å². The third kappa shape index (κ3) is 4.29. The Labute approximate surface area is 153 Å². The van der Waals surface area contributed by atoms with E-state index in [-0.39, 0.29) is 11.8 Å².